The Bertz CT molecular complexity index is 1400. The maximum atomic E-state index is 14.0. The summed E-state index contributed by atoms with van der Waals surface area (Å²) >= 11 is 0. The number of aliphatic carboxylic acids is 1. The molecule has 0 aromatic heterocycles. The van der Waals surface area contributed by atoms with Crippen molar-refractivity contribution >= 4 is 52.9 Å². The molecule has 1 unspecified atom stereocenters. The number of hydrogen-bond acceptors (Lipinski definition) is 11. The highest BCUT2D eigenvalue weighted by atomic mass is 16.4. The fourth-order valence-electron chi connectivity index (χ4n) is 6.58. The van der Waals surface area contributed by atoms with Crippen LogP contribution in [0.4, 0.5) is 0 Å². The summed E-state index contributed by atoms with van der Waals surface area (Å²) in [6.07, 6.45) is -0.717. The maximum Gasteiger partial charge on any atom is 0.303 e. The number of unbranched alkanes of at least 4 members (excludes halogenated alkanes) is 1. The molecular weight excluding hydrogens is 752 g/mol. The number of carboxylic acid groups (broad SMARTS) is 1. The van der Waals surface area contributed by atoms with Crippen molar-refractivity contribution in [2.75, 3.05) is 13.1 Å². The lowest BCUT2D eigenvalue weighted by molar-refractivity contribution is -0.138. The molecule has 18 nitrogen and oxygen atoms in total. The Morgan fingerprint density at radius 3 is 1.64 bits per heavy atom. The number of carboxylic acids is 1. The second-order valence-corrected chi connectivity index (χ2v) is 16.3. The van der Waals surface area contributed by atoms with E-state index in [1.165, 1.54) is 13.8 Å². The van der Waals surface area contributed by atoms with E-state index in [1.54, 1.807) is 6.92 Å². The van der Waals surface area contributed by atoms with E-state index in [0.717, 1.165) is 0 Å². The first kappa shape index (κ1) is 53.6. The maximum absolute atomic E-state index is 14.0. The van der Waals surface area contributed by atoms with Crippen LogP contribution < -0.4 is 38.9 Å². The van der Waals surface area contributed by atoms with Gasteiger partial charge in [0.1, 0.15) is 0 Å². The van der Waals surface area contributed by atoms with Crippen molar-refractivity contribution in [1.29, 1.82) is 0 Å². The van der Waals surface area contributed by atoms with Gasteiger partial charge in [-0.3, -0.25) is 43.3 Å². The molecule has 58 heavy (non-hydrogen) atoms. The van der Waals surface area contributed by atoms with Crippen molar-refractivity contribution in [2.24, 2.45) is 63.4 Å². The summed E-state index contributed by atoms with van der Waals surface area (Å²) in [5, 5.41) is 27.8. The SMILES string of the molecule is CC(C)C[C@H](CC(=O)[C@H](CCCCN)NC(=O)C(CC(=O)[C@H](C)NC(=O)[C@@H](C)CC(C)C)[C@@H](C)O)C(=O)N[C@@H](CCCN=C(N)N)C(=O)C[C@@H](CCC(=O)O)C(N)=O. The van der Waals surface area contributed by atoms with Gasteiger partial charge >= 0.3 is 5.97 Å². The summed E-state index contributed by atoms with van der Waals surface area (Å²) in [4.78, 5) is 108. The number of Topliss-reactive ketones (excluding diaryl/α,β-unsaturated/α-hetero) is 3. The lowest BCUT2D eigenvalue weighted by Gasteiger charge is -2.27. The van der Waals surface area contributed by atoms with Crippen LogP contribution in [0.3, 0.4) is 0 Å². The molecule has 0 aliphatic heterocycles. The normalized spacial score (nSPS) is 15.5. The molecule has 0 fully saturated rings. The van der Waals surface area contributed by atoms with E-state index in [0.29, 0.717) is 25.8 Å². The second kappa shape index (κ2) is 28.1. The number of nitrogens with zero attached hydrogens (tertiary/aromatic N) is 1. The number of rotatable bonds is 32. The highest BCUT2D eigenvalue weighted by Crippen LogP contribution is 2.22. The van der Waals surface area contributed by atoms with Crippen LogP contribution in [0, 0.1) is 35.5 Å². The zero-order valence-electron chi connectivity index (χ0n) is 35.6. The monoisotopic (exact) mass is 825 g/mol. The molecule has 18 heteroatoms. The summed E-state index contributed by atoms with van der Waals surface area (Å²) in [5.41, 5.74) is 22.0. The number of carbonyl (C=O) groups is 8. The van der Waals surface area contributed by atoms with E-state index in [9.17, 15) is 43.5 Å². The smallest absolute Gasteiger partial charge is 0.303 e. The van der Waals surface area contributed by atoms with Crippen molar-refractivity contribution in [3.8, 4) is 0 Å². The first-order valence-corrected chi connectivity index (χ1v) is 20.4. The molecule has 0 aromatic carbocycles. The largest absolute Gasteiger partial charge is 0.481 e. The Labute approximate surface area is 343 Å². The first-order valence-electron chi connectivity index (χ1n) is 20.4. The van der Waals surface area contributed by atoms with Crippen molar-refractivity contribution in [2.45, 2.75) is 150 Å². The van der Waals surface area contributed by atoms with E-state index in [1.807, 2.05) is 27.7 Å². The predicted octanol–water partition coefficient (Wildman–Crippen LogP) is 0.829. The summed E-state index contributed by atoms with van der Waals surface area (Å²) in [5.74, 6) is -8.83. The van der Waals surface area contributed by atoms with Gasteiger partial charge in [-0.2, -0.15) is 0 Å². The fraction of sp³-hybridized carbons (Fsp3) is 0.775. The van der Waals surface area contributed by atoms with Crippen LogP contribution in [0.1, 0.15) is 126 Å². The zero-order chi connectivity index (χ0) is 44.7. The Balaban J connectivity index is 6.27. The minimum atomic E-state index is -1.29. The minimum absolute atomic E-state index is 0.0601. The van der Waals surface area contributed by atoms with Crippen LogP contribution in [0.5, 0.6) is 0 Å². The van der Waals surface area contributed by atoms with Crippen LogP contribution in [0.25, 0.3) is 0 Å². The lowest BCUT2D eigenvalue weighted by Crippen LogP contribution is -2.49. The molecule has 8 atom stereocenters. The number of ketones is 3. The van der Waals surface area contributed by atoms with Gasteiger partial charge in [0, 0.05) is 50.0 Å². The summed E-state index contributed by atoms with van der Waals surface area (Å²) in [7, 11) is 0. The van der Waals surface area contributed by atoms with Crippen LogP contribution in [-0.4, -0.2) is 100 Å². The molecule has 0 bridgehead atoms. The number of guanidine groups is 1. The molecule has 4 amide bonds. The van der Waals surface area contributed by atoms with Gasteiger partial charge in [-0.05, 0) is 83.6 Å². The number of nitrogens with one attached hydrogen (secondary N) is 3. The Morgan fingerprint density at radius 1 is 0.621 bits per heavy atom. The summed E-state index contributed by atoms with van der Waals surface area (Å²) in [6, 6.07) is -3.18. The van der Waals surface area contributed by atoms with Crippen molar-refractivity contribution in [3.63, 3.8) is 0 Å². The molecular formula is C40H72N8O10. The van der Waals surface area contributed by atoms with Gasteiger partial charge in [0.2, 0.25) is 23.6 Å². The van der Waals surface area contributed by atoms with E-state index < -0.39 is 102 Å². The molecule has 13 N–H and O–H groups in total. The van der Waals surface area contributed by atoms with Crippen LogP contribution in [0.2, 0.25) is 0 Å². The lowest BCUT2D eigenvalue weighted by atomic mass is 9.87. The highest BCUT2D eigenvalue weighted by Gasteiger charge is 2.35. The zero-order valence-corrected chi connectivity index (χ0v) is 35.6. The number of hydrogen-bond donors (Lipinski definition) is 9. The standard InChI is InChI=1S/C40H72N8O10/c1-22(2)17-24(5)37(56)46-25(6)32(50)21-29(26(7)49)39(58)48-30(11-8-9-15-41)34(52)20-28(18-23(3)4)38(57)47-31(12-10-16-45-40(43)44)33(51)19-27(36(42)55)13-14-35(53)54/h22-31,49H,8-21,41H2,1-7H3,(H2,42,55)(H,46,56)(H,47,57)(H,48,58)(H,53,54)(H4,43,44,45)/t24-,25-,26+,27+,28+,29?,30-,31-/m0/s1. The number of aliphatic imine (C=N–C) groups is 1. The van der Waals surface area contributed by atoms with E-state index >= 15 is 0 Å². The molecule has 332 valence electrons. The fourth-order valence-corrected chi connectivity index (χ4v) is 6.58. The van der Waals surface area contributed by atoms with Crippen LogP contribution in [0.15, 0.2) is 4.99 Å². The number of aliphatic hydroxyl groups excluding tert-OH is 1. The van der Waals surface area contributed by atoms with Gasteiger partial charge in [-0.15, -0.1) is 0 Å². The summed E-state index contributed by atoms with van der Waals surface area (Å²) in [6.45, 7) is 12.7. The third-order valence-electron chi connectivity index (χ3n) is 9.89. The Kier molecular flexibility index (Phi) is 25.9. The molecule has 0 rings (SSSR count). The number of aliphatic hydroxyl groups is 1. The molecule has 0 aliphatic rings. The Morgan fingerprint density at radius 2 is 1.16 bits per heavy atom. The molecule has 0 radical (unpaired) electrons. The topological polar surface area (TPSA) is 330 Å². The predicted molar refractivity (Wildman–Crippen MR) is 219 cm³/mol. The van der Waals surface area contributed by atoms with E-state index in [-0.39, 0.29) is 74.7 Å². The van der Waals surface area contributed by atoms with Gasteiger partial charge < -0.3 is 49.1 Å². The molecule has 0 saturated heterocycles. The minimum Gasteiger partial charge on any atom is -0.481 e. The van der Waals surface area contributed by atoms with E-state index in [4.69, 9.17) is 28.0 Å². The van der Waals surface area contributed by atoms with Crippen LogP contribution in [-0.2, 0) is 38.4 Å². The van der Waals surface area contributed by atoms with Gasteiger partial charge in [-0.1, -0.05) is 34.6 Å². The number of carbonyl (C=O) groups excluding carboxylic acids is 7. The highest BCUT2D eigenvalue weighted by molar-refractivity contribution is 5.97. The van der Waals surface area contributed by atoms with Gasteiger partial charge in [0.15, 0.2) is 23.3 Å². The average molecular weight is 825 g/mol. The van der Waals surface area contributed by atoms with E-state index in [2.05, 4.69) is 20.9 Å². The third kappa shape index (κ3) is 22.5. The molecule has 0 saturated carbocycles. The van der Waals surface area contributed by atoms with Crippen LogP contribution >= 0.6 is 0 Å². The third-order valence-corrected chi connectivity index (χ3v) is 9.89. The second-order valence-electron chi connectivity index (χ2n) is 16.3. The first-order chi connectivity index (χ1) is 27.0. The molecule has 0 aromatic rings. The molecule has 0 spiro atoms. The van der Waals surface area contributed by atoms with Gasteiger partial charge in [0.05, 0.1) is 30.1 Å². The van der Waals surface area contributed by atoms with Gasteiger partial charge in [0.25, 0.3) is 0 Å². The molecule has 0 aliphatic carbocycles. The quantitative estimate of drug-likeness (QED) is 0.0258. The average Bonchev–Trinajstić information content (AvgIpc) is 3.11. The number of primary amides is 1. The van der Waals surface area contributed by atoms with Gasteiger partial charge in [-0.25, -0.2) is 0 Å². The summed E-state index contributed by atoms with van der Waals surface area (Å²) < 4.78 is 0. The van der Waals surface area contributed by atoms with Crippen molar-refractivity contribution in [1.82, 2.24) is 16.0 Å². The Hall–Kier alpha value is -4.45. The molecule has 0 heterocycles. The van der Waals surface area contributed by atoms with Crippen molar-refractivity contribution < 1.29 is 48.6 Å². The number of amides is 4. The van der Waals surface area contributed by atoms with Crippen molar-refractivity contribution in [3.05, 3.63) is 0 Å². The number of nitrogens with two attached hydrogens (primary N) is 4.